The first-order valence-electron chi connectivity index (χ1n) is 10.2. The zero-order chi connectivity index (χ0) is 23.1. The third kappa shape index (κ3) is 12.7. The van der Waals surface area contributed by atoms with Crippen LogP contribution in [0.15, 0.2) is 0 Å². The molecule has 0 aromatic rings. The molecule has 0 aliphatic heterocycles. The Morgan fingerprint density at radius 2 is 1.67 bits per heavy atom. The molecular formula is C19H37N5O5S. The molecule has 10 nitrogen and oxygen atoms in total. The molecule has 3 unspecified atom stereocenters. The van der Waals surface area contributed by atoms with Gasteiger partial charge in [-0.15, -0.1) is 0 Å². The SMILES string of the molecule is CSCCC(NC(=O)CNC(=O)C(N)CC(C)C)C(=O)NC(CCCCN)C(=O)O. The average molecular weight is 448 g/mol. The molecule has 0 rings (SSSR count). The number of aliphatic carboxylic acids is 1. The summed E-state index contributed by atoms with van der Waals surface area (Å²) in [5, 5.41) is 16.8. The molecule has 0 aromatic heterocycles. The van der Waals surface area contributed by atoms with Crippen molar-refractivity contribution in [2.24, 2.45) is 17.4 Å². The Kier molecular flexibility index (Phi) is 14.9. The van der Waals surface area contributed by atoms with Gasteiger partial charge >= 0.3 is 5.97 Å². The summed E-state index contributed by atoms with van der Waals surface area (Å²) in [5.74, 6) is -1.85. The molecule has 3 atom stereocenters. The highest BCUT2D eigenvalue weighted by atomic mass is 32.2. The second-order valence-corrected chi connectivity index (χ2v) is 8.52. The largest absolute Gasteiger partial charge is 0.480 e. The fourth-order valence-electron chi connectivity index (χ4n) is 2.69. The topological polar surface area (TPSA) is 177 Å². The van der Waals surface area contributed by atoms with E-state index in [1.807, 2.05) is 20.1 Å². The van der Waals surface area contributed by atoms with Crippen molar-refractivity contribution in [3.05, 3.63) is 0 Å². The van der Waals surface area contributed by atoms with Crippen LogP contribution in [0.1, 0.15) is 46.0 Å². The number of unbranched alkanes of at least 4 members (excludes halogenated alkanes) is 1. The molecule has 3 amide bonds. The van der Waals surface area contributed by atoms with Crippen molar-refractivity contribution in [1.82, 2.24) is 16.0 Å². The summed E-state index contributed by atoms with van der Waals surface area (Å²) in [6.45, 7) is 4.01. The number of carboxylic acid groups (broad SMARTS) is 1. The minimum atomic E-state index is -1.14. The number of nitrogens with two attached hydrogens (primary N) is 2. The first-order valence-corrected chi connectivity index (χ1v) is 11.6. The Bertz CT molecular complexity index is 561. The molecule has 0 heterocycles. The minimum absolute atomic E-state index is 0.242. The van der Waals surface area contributed by atoms with E-state index in [-0.39, 0.29) is 18.9 Å². The summed E-state index contributed by atoms with van der Waals surface area (Å²) in [7, 11) is 0. The summed E-state index contributed by atoms with van der Waals surface area (Å²) in [4.78, 5) is 48.1. The van der Waals surface area contributed by atoms with E-state index in [1.54, 1.807) is 0 Å². The van der Waals surface area contributed by atoms with Gasteiger partial charge in [-0.1, -0.05) is 13.8 Å². The number of nitrogens with one attached hydrogen (secondary N) is 3. The number of hydrogen-bond donors (Lipinski definition) is 6. The number of rotatable bonds is 16. The highest BCUT2D eigenvalue weighted by molar-refractivity contribution is 7.98. The van der Waals surface area contributed by atoms with E-state index < -0.39 is 41.8 Å². The van der Waals surface area contributed by atoms with Gasteiger partial charge in [-0.2, -0.15) is 11.8 Å². The molecular weight excluding hydrogens is 410 g/mol. The van der Waals surface area contributed by atoms with E-state index >= 15 is 0 Å². The first-order chi connectivity index (χ1) is 14.1. The number of carbonyl (C=O) groups is 4. The van der Waals surface area contributed by atoms with Crippen molar-refractivity contribution < 1.29 is 24.3 Å². The van der Waals surface area contributed by atoms with Crippen LogP contribution >= 0.6 is 11.8 Å². The third-order valence-electron chi connectivity index (χ3n) is 4.31. The van der Waals surface area contributed by atoms with Crippen LogP contribution in [0.3, 0.4) is 0 Å². The Morgan fingerprint density at radius 3 is 2.20 bits per heavy atom. The van der Waals surface area contributed by atoms with Crippen molar-refractivity contribution >= 4 is 35.5 Å². The summed E-state index contributed by atoms with van der Waals surface area (Å²) >= 11 is 1.50. The summed E-state index contributed by atoms with van der Waals surface area (Å²) in [6.07, 6.45) is 4.16. The van der Waals surface area contributed by atoms with Crippen LogP contribution < -0.4 is 27.4 Å². The lowest BCUT2D eigenvalue weighted by molar-refractivity contribution is -0.142. The smallest absolute Gasteiger partial charge is 0.326 e. The third-order valence-corrected chi connectivity index (χ3v) is 4.95. The second kappa shape index (κ2) is 15.9. The summed E-state index contributed by atoms with van der Waals surface area (Å²) < 4.78 is 0. The van der Waals surface area contributed by atoms with Gasteiger partial charge in [0, 0.05) is 0 Å². The lowest BCUT2D eigenvalue weighted by Crippen LogP contribution is -2.54. The maximum atomic E-state index is 12.6. The van der Waals surface area contributed by atoms with Gasteiger partial charge in [-0.05, 0) is 56.6 Å². The lowest BCUT2D eigenvalue weighted by atomic mass is 10.0. The van der Waals surface area contributed by atoms with Crippen molar-refractivity contribution in [2.75, 3.05) is 25.1 Å². The number of hydrogen-bond acceptors (Lipinski definition) is 7. The van der Waals surface area contributed by atoms with Gasteiger partial charge in [0.15, 0.2) is 0 Å². The Balaban J connectivity index is 4.80. The number of thioether (sulfide) groups is 1. The number of amides is 3. The van der Waals surface area contributed by atoms with Gasteiger partial charge in [-0.25, -0.2) is 4.79 Å². The number of carboxylic acids is 1. The fourth-order valence-corrected chi connectivity index (χ4v) is 3.16. The quantitative estimate of drug-likeness (QED) is 0.170. The van der Waals surface area contributed by atoms with Crippen LogP contribution in [0.25, 0.3) is 0 Å². The minimum Gasteiger partial charge on any atom is -0.480 e. The van der Waals surface area contributed by atoms with Crippen LogP contribution in [0.4, 0.5) is 0 Å². The molecule has 0 aliphatic rings. The van der Waals surface area contributed by atoms with Crippen LogP contribution in [-0.2, 0) is 19.2 Å². The molecule has 0 aromatic carbocycles. The van der Waals surface area contributed by atoms with E-state index in [2.05, 4.69) is 16.0 Å². The van der Waals surface area contributed by atoms with E-state index in [0.29, 0.717) is 38.0 Å². The van der Waals surface area contributed by atoms with Gasteiger partial charge in [0.05, 0.1) is 12.6 Å². The molecule has 0 radical (unpaired) electrons. The van der Waals surface area contributed by atoms with Crippen molar-refractivity contribution in [2.45, 2.75) is 64.1 Å². The molecule has 0 bridgehead atoms. The van der Waals surface area contributed by atoms with Crippen LogP contribution in [0.5, 0.6) is 0 Å². The summed E-state index contributed by atoms with van der Waals surface area (Å²) in [6, 6.07) is -2.66. The molecule has 0 aliphatic carbocycles. The molecule has 174 valence electrons. The van der Waals surface area contributed by atoms with Crippen LogP contribution in [0, 0.1) is 5.92 Å². The predicted molar refractivity (Wildman–Crippen MR) is 118 cm³/mol. The van der Waals surface area contributed by atoms with Gasteiger partial charge in [0.2, 0.25) is 17.7 Å². The highest BCUT2D eigenvalue weighted by Crippen LogP contribution is 2.05. The Labute approximate surface area is 182 Å². The van der Waals surface area contributed by atoms with Gasteiger partial charge in [-0.3, -0.25) is 14.4 Å². The molecule has 0 fully saturated rings. The van der Waals surface area contributed by atoms with Crippen molar-refractivity contribution in [3.63, 3.8) is 0 Å². The molecule has 0 saturated heterocycles. The molecule has 0 spiro atoms. The number of carbonyl (C=O) groups excluding carboxylic acids is 3. The van der Waals surface area contributed by atoms with Crippen LogP contribution in [0.2, 0.25) is 0 Å². The predicted octanol–water partition coefficient (Wildman–Crippen LogP) is -0.588. The van der Waals surface area contributed by atoms with E-state index in [1.165, 1.54) is 11.8 Å². The van der Waals surface area contributed by atoms with Crippen molar-refractivity contribution in [1.29, 1.82) is 0 Å². The molecule has 8 N–H and O–H groups in total. The monoisotopic (exact) mass is 447 g/mol. The van der Waals surface area contributed by atoms with Gasteiger partial charge in [0.1, 0.15) is 12.1 Å². The van der Waals surface area contributed by atoms with E-state index in [4.69, 9.17) is 11.5 Å². The maximum absolute atomic E-state index is 12.6. The summed E-state index contributed by atoms with van der Waals surface area (Å²) in [5.41, 5.74) is 11.2. The molecule has 11 heteroatoms. The zero-order valence-electron chi connectivity index (χ0n) is 18.1. The molecule has 30 heavy (non-hydrogen) atoms. The first kappa shape index (κ1) is 28.1. The fraction of sp³-hybridized carbons (Fsp3) is 0.789. The average Bonchev–Trinajstić information content (AvgIpc) is 2.67. The van der Waals surface area contributed by atoms with Gasteiger partial charge < -0.3 is 32.5 Å². The second-order valence-electron chi connectivity index (χ2n) is 7.54. The van der Waals surface area contributed by atoms with Crippen molar-refractivity contribution in [3.8, 4) is 0 Å². The maximum Gasteiger partial charge on any atom is 0.326 e. The normalized spacial score (nSPS) is 13.9. The highest BCUT2D eigenvalue weighted by Gasteiger charge is 2.26. The Morgan fingerprint density at radius 1 is 1.00 bits per heavy atom. The van der Waals surface area contributed by atoms with E-state index in [9.17, 15) is 24.3 Å². The van der Waals surface area contributed by atoms with Crippen LogP contribution in [-0.4, -0.2) is 72.0 Å². The van der Waals surface area contributed by atoms with Gasteiger partial charge in [0.25, 0.3) is 0 Å². The lowest BCUT2D eigenvalue weighted by Gasteiger charge is -2.21. The molecule has 0 saturated carbocycles. The Hall–Kier alpha value is -1.85. The van der Waals surface area contributed by atoms with E-state index in [0.717, 1.165) is 0 Å². The standard InChI is InChI=1S/C19H37N5O5S/c1-12(2)10-13(21)17(26)22-11-16(25)23-14(7-9-30-3)18(27)24-15(19(28)29)6-4-5-8-20/h12-15H,4-11,20-21H2,1-3H3,(H,22,26)(H,23,25)(H,24,27)(H,28,29). The zero-order valence-corrected chi connectivity index (χ0v) is 18.9.